The molecule has 0 bridgehead atoms. The van der Waals surface area contributed by atoms with Gasteiger partial charge in [0.05, 0.1) is 25.8 Å². The van der Waals surface area contributed by atoms with Crippen molar-refractivity contribution in [1.29, 1.82) is 0 Å². The van der Waals surface area contributed by atoms with Crippen molar-refractivity contribution in [2.75, 3.05) is 45.3 Å². The molecule has 2 heterocycles. The highest BCUT2D eigenvalue weighted by Crippen LogP contribution is 2.36. The van der Waals surface area contributed by atoms with Crippen molar-refractivity contribution >= 4 is 23.4 Å². The van der Waals surface area contributed by atoms with Crippen LogP contribution in [-0.2, 0) is 14.4 Å². The molecule has 152 valence electrons. The molecule has 0 saturated carbocycles. The molecular formula is C20H27N3O5. The van der Waals surface area contributed by atoms with Gasteiger partial charge in [0.15, 0.2) is 0 Å². The Hall–Kier alpha value is -2.77. The lowest BCUT2D eigenvalue weighted by molar-refractivity contribution is -0.130. The van der Waals surface area contributed by atoms with Crippen molar-refractivity contribution in [3.63, 3.8) is 0 Å². The van der Waals surface area contributed by atoms with Gasteiger partial charge in [-0.05, 0) is 25.0 Å². The lowest BCUT2D eigenvalue weighted by Crippen LogP contribution is -2.36. The van der Waals surface area contributed by atoms with E-state index in [0.717, 1.165) is 25.9 Å². The normalized spacial score (nSPS) is 19.1. The van der Waals surface area contributed by atoms with Gasteiger partial charge in [-0.1, -0.05) is 0 Å². The van der Waals surface area contributed by atoms with Crippen LogP contribution in [0.3, 0.4) is 0 Å². The molecule has 2 fully saturated rings. The van der Waals surface area contributed by atoms with Gasteiger partial charge in [0.1, 0.15) is 11.5 Å². The zero-order chi connectivity index (χ0) is 20.1. The number of hydrogen-bond donors (Lipinski definition) is 1. The van der Waals surface area contributed by atoms with Crippen molar-refractivity contribution in [1.82, 2.24) is 10.2 Å². The lowest BCUT2D eigenvalue weighted by Gasteiger charge is -2.20. The second-order valence-corrected chi connectivity index (χ2v) is 7.07. The highest BCUT2D eigenvalue weighted by molar-refractivity contribution is 6.01. The summed E-state index contributed by atoms with van der Waals surface area (Å²) in [6, 6.07) is 5.22. The van der Waals surface area contributed by atoms with Gasteiger partial charge < -0.3 is 24.6 Å². The minimum absolute atomic E-state index is 0.0723. The van der Waals surface area contributed by atoms with Gasteiger partial charge in [-0.2, -0.15) is 0 Å². The number of ether oxygens (including phenoxy) is 2. The Bertz CT molecular complexity index is 745. The molecule has 3 rings (SSSR count). The molecule has 2 saturated heterocycles. The van der Waals surface area contributed by atoms with E-state index in [2.05, 4.69) is 5.32 Å². The maximum atomic E-state index is 12.5. The van der Waals surface area contributed by atoms with Crippen LogP contribution in [0.1, 0.15) is 25.7 Å². The maximum Gasteiger partial charge on any atom is 0.227 e. The molecule has 8 nitrogen and oxygen atoms in total. The van der Waals surface area contributed by atoms with Crippen molar-refractivity contribution in [2.24, 2.45) is 5.92 Å². The van der Waals surface area contributed by atoms with E-state index in [1.54, 1.807) is 30.2 Å². The van der Waals surface area contributed by atoms with E-state index in [1.807, 2.05) is 4.90 Å². The van der Waals surface area contributed by atoms with E-state index in [4.69, 9.17) is 9.47 Å². The number of anilines is 1. The molecule has 1 N–H and O–H groups in total. The standard InChI is InChI=1S/C20H27N3O5/c1-27-15-5-6-17(28-2)16(12-15)23-13-14(11-19(23)25)20(26)21-8-7-18(24)22-9-3-4-10-22/h5-6,12,14H,3-4,7-11,13H2,1-2H3,(H,21,26). The fourth-order valence-electron chi connectivity index (χ4n) is 3.69. The van der Waals surface area contributed by atoms with Crippen LogP contribution in [0.25, 0.3) is 0 Å². The van der Waals surface area contributed by atoms with Crippen molar-refractivity contribution < 1.29 is 23.9 Å². The van der Waals surface area contributed by atoms with Gasteiger partial charge >= 0.3 is 0 Å². The van der Waals surface area contributed by atoms with Crippen LogP contribution in [0.15, 0.2) is 18.2 Å². The van der Waals surface area contributed by atoms with Crippen molar-refractivity contribution in [3.05, 3.63) is 18.2 Å². The second-order valence-electron chi connectivity index (χ2n) is 7.07. The SMILES string of the molecule is COc1ccc(OC)c(N2CC(C(=O)NCCC(=O)N3CCCC3)CC2=O)c1. The molecule has 0 radical (unpaired) electrons. The Morgan fingerprint density at radius 1 is 1.18 bits per heavy atom. The number of rotatable bonds is 7. The summed E-state index contributed by atoms with van der Waals surface area (Å²) in [6.07, 6.45) is 2.52. The summed E-state index contributed by atoms with van der Waals surface area (Å²) in [5.74, 6) is 0.434. The van der Waals surface area contributed by atoms with Crippen LogP contribution < -0.4 is 19.7 Å². The van der Waals surface area contributed by atoms with E-state index in [0.29, 0.717) is 30.2 Å². The number of methoxy groups -OCH3 is 2. The van der Waals surface area contributed by atoms with Gasteiger partial charge in [-0.3, -0.25) is 14.4 Å². The first-order valence-corrected chi connectivity index (χ1v) is 9.61. The molecule has 1 unspecified atom stereocenters. The van der Waals surface area contributed by atoms with Crippen LogP contribution in [0, 0.1) is 5.92 Å². The average molecular weight is 389 g/mol. The topological polar surface area (TPSA) is 88.2 Å². The Kier molecular flexibility index (Phi) is 6.38. The van der Waals surface area contributed by atoms with Gasteiger partial charge in [-0.25, -0.2) is 0 Å². The molecule has 8 heteroatoms. The first-order valence-electron chi connectivity index (χ1n) is 9.61. The van der Waals surface area contributed by atoms with Gasteiger partial charge in [0.2, 0.25) is 17.7 Å². The highest BCUT2D eigenvalue weighted by atomic mass is 16.5. The molecule has 1 atom stereocenters. The molecule has 2 aliphatic rings. The average Bonchev–Trinajstić information content (AvgIpc) is 3.37. The van der Waals surface area contributed by atoms with Gasteiger partial charge in [-0.15, -0.1) is 0 Å². The second kappa shape index (κ2) is 8.95. The Labute approximate surface area is 164 Å². The van der Waals surface area contributed by atoms with E-state index >= 15 is 0 Å². The number of hydrogen-bond acceptors (Lipinski definition) is 5. The smallest absolute Gasteiger partial charge is 0.227 e. The van der Waals surface area contributed by atoms with Crippen LogP contribution in [0.5, 0.6) is 11.5 Å². The lowest BCUT2D eigenvalue weighted by atomic mass is 10.1. The molecule has 2 aliphatic heterocycles. The first kappa shape index (κ1) is 20.0. The number of likely N-dealkylation sites (tertiary alicyclic amines) is 1. The van der Waals surface area contributed by atoms with E-state index < -0.39 is 5.92 Å². The van der Waals surface area contributed by atoms with Crippen LogP contribution in [0.2, 0.25) is 0 Å². The summed E-state index contributed by atoms with van der Waals surface area (Å²) in [5, 5.41) is 2.80. The monoisotopic (exact) mass is 389 g/mol. The zero-order valence-electron chi connectivity index (χ0n) is 16.4. The predicted octanol–water partition coefficient (Wildman–Crippen LogP) is 1.19. The van der Waals surface area contributed by atoms with Crippen molar-refractivity contribution in [3.8, 4) is 11.5 Å². The highest BCUT2D eigenvalue weighted by Gasteiger charge is 2.36. The zero-order valence-corrected chi connectivity index (χ0v) is 16.4. The molecule has 0 aromatic heterocycles. The summed E-state index contributed by atoms with van der Waals surface area (Å²) >= 11 is 0. The molecule has 0 aliphatic carbocycles. The van der Waals surface area contributed by atoms with Crippen molar-refractivity contribution in [2.45, 2.75) is 25.7 Å². The fraction of sp³-hybridized carbons (Fsp3) is 0.550. The van der Waals surface area contributed by atoms with E-state index in [9.17, 15) is 14.4 Å². The van der Waals surface area contributed by atoms with Gasteiger partial charge in [0, 0.05) is 45.1 Å². The fourth-order valence-corrected chi connectivity index (χ4v) is 3.69. The summed E-state index contributed by atoms with van der Waals surface area (Å²) in [4.78, 5) is 40.4. The largest absolute Gasteiger partial charge is 0.497 e. The maximum absolute atomic E-state index is 12.5. The van der Waals surface area contributed by atoms with E-state index in [1.165, 1.54) is 7.11 Å². The molecule has 3 amide bonds. The minimum atomic E-state index is -0.453. The summed E-state index contributed by atoms with van der Waals surface area (Å²) in [6.45, 7) is 2.18. The Balaban J connectivity index is 1.56. The third-order valence-electron chi connectivity index (χ3n) is 5.27. The molecule has 28 heavy (non-hydrogen) atoms. The summed E-state index contributed by atoms with van der Waals surface area (Å²) in [5.41, 5.74) is 0.589. The number of carbonyl (C=O) groups excluding carboxylic acids is 3. The molecule has 0 spiro atoms. The third kappa shape index (κ3) is 4.37. The van der Waals surface area contributed by atoms with Gasteiger partial charge in [0.25, 0.3) is 0 Å². The van der Waals surface area contributed by atoms with Crippen LogP contribution in [0.4, 0.5) is 5.69 Å². The number of nitrogens with zero attached hydrogens (tertiary/aromatic N) is 2. The quantitative estimate of drug-likeness (QED) is 0.757. The first-order chi connectivity index (χ1) is 13.5. The van der Waals surface area contributed by atoms with Crippen LogP contribution >= 0.6 is 0 Å². The van der Waals surface area contributed by atoms with E-state index in [-0.39, 0.29) is 30.7 Å². The molecular weight excluding hydrogens is 362 g/mol. The number of nitrogens with one attached hydrogen (secondary N) is 1. The minimum Gasteiger partial charge on any atom is -0.497 e. The Morgan fingerprint density at radius 3 is 2.61 bits per heavy atom. The van der Waals surface area contributed by atoms with Crippen LogP contribution in [-0.4, -0.2) is 63.0 Å². The number of benzene rings is 1. The molecule has 1 aromatic rings. The Morgan fingerprint density at radius 2 is 1.93 bits per heavy atom. The number of amides is 3. The number of carbonyl (C=O) groups is 3. The third-order valence-corrected chi connectivity index (χ3v) is 5.27. The summed E-state index contributed by atoms with van der Waals surface area (Å²) < 4.78 is 10.6. The molecule has 1 aromatic carbocycles. The predicted molar refractivity (Wildman–Crippen MR) is 103 cm³/mol. The summed E-state index contributed by atoms with van der Waals surface area (Å²) in [7, 11) is 3.09.